The normalized spacial score (nSPS) is 0.750. The number of hydrogen-bond donors (Lipinski definition) is 0. The van der Waals surface area contributed by atoms with Crippen molar-refractivity contribution in [3.8, 4) is 0 Å². The summed E-state index contributed by atoms with van der Waals surface area (Å²) in [6, 6.07) is 0. The van der Waals surface area contributed by atoms with Gasteiger partial charge in [0.25, 0.3) is 0 Å². The maximum atomic E-state index is 8.42. The zero-order valence-corrected chi connectivity index (χ0v) is 12.9. The Bertz CT molecular complexity index is 8.00. The summed E-state index contributed by atoms with van der Waals surface area (Å²) in [7, 11) is 0. The Balaban J connectivity index is -0.00000000500. The van der Waals surface area contributed by atoms with Gasteiger partial charge in [0.15, 0.2) is 0 Å². The molecule has 0 aromatic carbocycles. The largest absolute Gasteiger partial charge is 0 e. The van der Waals surface area contributed by atoms with Crippen molar-refractivity contribution < 1.29 is 51.1 Å². The Hall–Kier alpha value is 2.28. The van der Waals surface area contributed by atoms with E-state index in [1.165, 1.54) is 0 Å². The smallest absolute Gasteiger partial charge is 0 e. The molecular weight excluding hydrogens is 490 g/mol. The molecule has 0 heterocycles. The van der Waals surface area contributed by atoms with Crippen LogP contribution in [0.3, 0.4) is 0 Å². The van der Waals surface area contributed by atoms with Gasteiger partial charge in [-0.3, -0.25) is 0 Å². The van der Waals surface area contributed by atoms with Crippen LogP contribution in [0.5, 0.6) is 0 Å². The quantitative estimate of drug-likeness (QED) is 0.407. The van der Waals surface area contributed by atoms with E-state index in [-0.39, 0.29) is 72.6 Å². The molecular formula is HHfInOTa. The van der Waals surface area contributed by atoms with Gasteiger partial charge >= 0.3 is 27.2 Å². The second kappa shape index (κ2) is 18.6. The molecule has 1 nitrogen and oxygen atoms in total. The van der Waals surface area contributed by atoms with E-state index >= 15 is 0 Å². The Morgan fingerprint density at radius 1 is 1.25 bits per heavy atom. The van der Waals surface area contributed by atoms with E-state index in [1.54, 1.807) is 0 Å². The summed E-state index contributed by atoms with van der Waals surface area (Å²) in [4.78, 5) is 0. The van der Waals surface area contributed by atoms with Crippen LogP contribution in [-0.4, -0.2) is 24.4 Å². The topological polar surface area (TPSA) is 17.1 Å². The summed E-state index contributed by atoms with van der Waals surface area (Å²) >= 11 is -0.1000. The fourth-order valence-corrected chi connectivity index (χ4v) is 0. The van der Waals surface area contributed by atoms with Crippen LogP contribution in [-0.2, 0) is 51.1 Å². The fourth-order valence-electron chi connectivity index (χ4n) is 0. The molecule has 0 spiro atoms. The minimum absolute atomic E-state index is 0. The van der Waals surface area contributed by atoms with Crippen molar-refractivity contribution >= 4 is 24.4 Å². The summed E-state index contributed by atoms with van der Waals surface area (Å²) in [6.45, 7) is 0. The molecule has 0 fully saturated rings. The van der Waals surface area contributed by atoms with Crippen LogP contribution >= 0.6 is 0 Å². The van der Waals surface area contributed by atoms with Crippen molar-refractivity contribution in [2.24, 2.45) is 0 Å². The minimum Gasteiger partial charge on any atom is 0 e. The molecule has 0 aliphatic rings. The molecule has 0 saturated heterocycles. The van der Waals surface area contributed by atoms with Crippen molar-refractivity contribution in [3.05, 3.63) is 0 Å². The van der Waals surface area contributed by atoms with Crippen molar-refractivity contribution in [1.29, 1.82) is 0 Å². The zero-order chi connectivity index (χ0) is 2.00. The molecule has 0 bridgehead atoms. The van der Waals surface area contributed by atoms with E-state index in [1.807, 2.05) is 0 Å². The van der Waals surface area contributed by atoms with Crippen LogP contribution in [0, 0.1) is 0 Å². The van der Waals surface area contributed by atoms with E-state index in [9.17, 15) is 0 Å². The van der Waals surface area contributed by atoms with E-state index < -0.39 is 0 Å². The first-order valence-corrected chi connectivity index (χ1v) is 1.94. The molecule has 0 unspecified atom stereocenters. The van der Waals surface area contributed by atoms with Crippen molar-refractivity contribution in [1.82, 2.24) is 0 Å². The molecule has 0 aliphatic carbocycles. The predicted octanol–water partition coefficient (Wildman–Crippen LogP) is -0.772. The third-order valence-electron chi connectivity index (χ3n) is 0. The molecule has 4 heteroatoms. The fraction of sp³-hybridized carbons (Fsp3) is 0. The number of hydrogen-bond acceptors (Lipinski definition) is 1. The Morgan fingerprint density at radius 2 is 1.25 bits per heavy atom. The standard InChI is InChI=1S/Hf.In.O.Ta.H. The summed E-state index contributed by atoms with van der Waals surface area (Å²) in [5, 5.41) is 0. The second-order valence-electron chi connectivity index (χ2n) is 0. The first kappa shape index (κ1) is 16.3. The predicted molar refractivity (Wildman–Crippen MR) is 7.84 cm³/mol. The number of rotatable bonds is 0. The summed E-state index contributed by atoms with van der Waals surface area (Å²) in [5.74, 6) is 0. The molecule has 4 heavy (non-hydrogen) atoms. The Morgan fingerprint density at radius 3 is 1.25 bits per heavy atom. The van der Waals surface area contributed by atoms with Gasteiger partial charge in [0.05, 0.1) is 0 Å². The van der Waals surface area contributed by atoms with Crippen LogP contribution in [0.15, 0.2) is 0 Å². The van der Waals surface area contributed by atoms with Gasteiger partial charge in [-0.15, -0.1) is 0 Å². The average Bonchev–Trinajstić information content (AvgIpc) is 1.00. The van der Waals surface area contributed by atoms with Gasteiger partial charge in [-0.1, -0.05) is 0 Å². The summed E-state index contributed by atoms with van der Waals surface area (Å²) in [6.07, 6.45) is 0. The molecule has 0 aromatic heterocycles. The maximum Gasteiger partial charge on any atom is 0 e. The van der Waals surface area contributed by atoms with Crippen molar-refractivity contribution in [2.75, 3.05) is 0 Å². The molecule has 0 amide bonds. The van der Waals surface area contributed by atoms with Crippen LogP contribution < -0.4 is 0 Å². The molecule has 0 saturated carbocycles. The van der Waals surface area contributed by atoms with Gasteiger partial charge in [-0.05, 0) is 0 Å². The van der Waals surface area contributed by atoms with Gasteiger partial charge in [-0.25, -0.2) is 0 Å². The van der Waals surface area contributed by atoms with Crippen LogP contribution in [0.4, 0.5) is 0 Å². The first-order valence-electron chi connectivity index (χ1n) is 0.289. The third kappa shape index (κ3) is 8.86. The summed E-state index contributed by atoms with van der Waals surface area (Å²) < 4.78 is 8.42. The monoisotopic (exact) mass is 493 g/mol. The third-order valence-corrected chi connectivity index (χ3v) is 0. The Kier molecular flexibility index (Phi) is 75.7. The van der Waals surface area contributed by atoms with Gasteiger partial charge in [0.2, 0.25) is 0 Å². The van der Waals surface area contributed by atoms with Crippen LogP contribution in [0.25, 0.3) is 0 Å². The van der Waals surface area contributed by atoms with Gasteiger partial charge in [0, 0.05) is 48.2 Å². The summed E-state index contributed by atoms with van der Waals surface area (Å²) in [5.41, 5.74) is 0. The van der Waals surface area contributed by atoms with E-state index in [4.69, 9.17) is 2.85 Å². The molecule has 0 rings (SSSR count). The molecule has 0 aromatic rings. The van der Waals surface area contributed by atoms with Crippen molar-refractivity contribution in [3.63, 3.8) is 0 Å². The van der Waals surface area contributed by atoms with Gasteiger partial charge in [-0.2, -0.15) is 0 Å². The molecule has 0 aliphatic heterocycles. The molecule has 0 N–H and O–H groups in total. The van der Waals surface area contributed by atoms with E-state index in [0.717, 1.165) is 0 Å². The second-order valence-corrected chi connectivity index (χ2v) is 0. The van der Waals surface area contributed by atoms with Crippen LogP contribution in [0.2, 0.25) is 0 Å². The minimum atomic E-state index is -0.1000. The zero-order valence-electron chi connectivity index (χ0n) is 2.06. The molecule has 0 atom stereocenters. The van der Waals surface area contributed by atoms with Gasteiger partial charge < -0.3 is 0 Å². The van der Waals surface area contributed by atoms with Crippen molar-refractivity contribution in [2.45, 2.75) is 0 Å². The Labute approximate surface area is 74.2 Å². The first-order chi connectivity index (χ1) is 1.00. The van der Waals surface area contributed by atoms with E-state index in [2.05, 4.69) is 0 Å². The van der Waals surface area contributed by atoms with E-state index in [0.29, 0.717) is 0 Å². The maximum absolute atomic E-state index is 8.42. The average molecular weight is 491 g/mol. The molecule has 1 radical (unpaired) electrons. The SMILES string of the molecule is [Hf].[O]=[InH].[Ta]. The molecule has 19 valence electrons. The van der Waals surface area contributed by atoms with Crippen LogP contribution in [0.1, 0.15) is 0 Å². The van der Waals surface area contributed by atoms with Gasteiger partial charge in [0.1, 0.15) is 0 Å².